The van der Waals surface area contributed by atoms with Crippen molar-refractivity contribution in [2.24, 2.45) is 0 Å². The number of nitrogens with zero attached hydrogens (tertiary/aromatic N) is 1. The third kappa shape index (κ3) is 3.30. The van der Waals surface area contributed by atoms with E-state index in [0.717, 1.165) is 28.1 Å². The lowest BCUT2D eigenvalue weighted by Crippen LogP contribution is -2.11. The number of rotatable bonds is 3. The minimum Gasteiger partial charge on any atom is -0.320 e. The van der Waals surface area contributed by atoms with Gasteiger partial charge in [0, 0.05) is 28.7 Å². The number of ketones is 1. The topological polar surface area (TPSA) is 22.0 Å². The summed E-state index contributed by atoms with van der Waals surface area (Å²) in [4.78, 5) is 12.3. The zero-order valence-electron chi connectivity index (χ0n) is 15.6. The summed E-state index contributed by atoms with van der Waals surface area (Å²) in [5.41, 5.74) is 6.35. The number of aromatic nitrogens is 1. The standard InChI is InChI=1S/C23H25NO/c1-16-22(17(2)25)21(18-9-7-6-8-10-18)15-24(16)20-13-11-19(12-14-20)23(3,4)5/h6-15H,1-5H3. The van der Waals surface area contributed by atoms with Crippen LogP contribution in [0, 0.1) is 6.92 Å². The van der Waals surface area contributed by atoms with Gasteiger partial charge in [-0.05, 0) is 42.5 Å². The number of Topliss-reactive ketones (excluding diaryl/α,β-unsaturated/α-hetero) is 1. The van der Waals surface area contributed by atoms with Gasteiger partial charge in [0.25, 0.3) is 0 Å². The van der Waals surface area contributed by atoms with Crippen molar-refractivity contribution >= 4 is 5.78 Å². The van der Waals surface area contributed by atoms with E-state index in [1.54, 1.807) is 6.92 Å². The molecule has 3 aromatic rings. The molecule has 25 heavy (non-hydrogen) atoms. The normalized spacial score (nSPS) is 11.6. The first-order valence-corrected chi connectivity index (χ1v) is 8.68. The lowest BCUT2D eigenvalue weighted by molar-refractivity contribution is 0.101. The van der Waals surface area contributed by atoms with Crippen LogP contribution in [0.25, 0.3) is 16.8 Å². The second kappa shape index (κ2) is 6.36. The molecule has 0 saturated heterocycles. The maximum absolute atomic E-state index is 12.3. The Hall–Kier alpha value is -2.61. The van der Waals surface area contributed by atoms with Crippen molar-refractivity contribution in [1.29, 1.82) is 0 Å². The number of hydrogen-bond donors (Lipinski definition) is 0. The molecule has 2 aromatic carbocycles. The molecule has 1 heterocycles. The molecule has 0 bridgehead atoms. The molecule has 0 unspecified atom stereocenters. The van der Waals surface area contributed by atoms with Gasteiger partial charge in [-0.15, -0.1) is 0 Å². The van der Waals surface area contributed by atoms with E-state index >= 15 is 0 Å². The van der Waals surface area contributed by atoms with Gasteiger partial charge in [-0.1, -0.05) is 63.2 Å². The number of benzene rings is 2. The van der Waals surface area contributed by atoms with Gasteiger partial charge in [-0.2, -0.15) is 0 Å². The zero-order valence-corrected chi connectivity index (χ0v) is 15.6. The summed E-state index contributed by atoms with van der Waals surface area (Å²) in [7, 11) is 0. The Labute approximate surface area is 150 Å². The zero-order chi connectivity index (χ0) is 18.2. The van der Waals surface area contributed by atoms with Crippen LogP contribution in [0.2, 0.25) is 0 Å². The summed E-state index contributed by atoms with van der Waals surface area (Å²) in [6.07, 6.45) is 2.08. The fourth-order valence-electron chi connectivity index (χ4n) is 3.28. The molecule has 0 aliphatic heterocycles. The molecular formula is C23H25NO. The maximum Gasteiger partial charge on any atom is 0.162 e. The van der Waals surface area contributed by atoms with Crippen LogP contribution in [0.4, 0.5) is 0 Å². The summed E-state index contributed by atoms with van der Waals surface area (Å²) in [5.74, 6) is 0.0985. The minimum atomic E-state index is 0.0985. The van der Waals surface area contributed by atoms with E-state index in [9.17, 15) is 4.79 Å². The Kier molecular flexibility index (Phi) is 4.38. The van der Waals surface area contributed by atoms with Gasteiger partial charge < -0.3 is 4.57 Å². The molecule has 128 valence electrons. The van der Waals surface area contributed by atoms with Crippen LogP contribution in [0.3, 0.4) is 0 Å². The van der Waals surface area contributed by atoms with E-state index in [1.807, 2.05) is 37.3 Å². The number of carbonyl (C=O) groups excluding carboxylic acids is 1. The van der Waals surface area contributed by atoms with E-state index < -0.39 is 0 Å². The van der Waals surface area contributed by atoms with Crippen LogP contribution < -0.4 is 0 Å². The van der Waals surface area contributed by atoms with Gasteiger partial charge in [0.05, 0.1) is 0 Å². The van der Waals surface area contributed by atoms with E-state index in [2.05, 4.69) is 55.8 Å². The van der Waals surface area contributed by atoms with Crippen LogP contribution in [-0.4, -0.2) is 10.4 Å². The highest BCUT2D eigenvalue weighted by atomic mass is 16.1. The lowest BCUT2D eigenvalue weighted by atomic mass is 9.87. The van der Waals surface area contributed by atoms with Gasteiger partial charge in [-0.25, -0.2) is 0 Å². The highest BCUT2D eigenvalue weighted by molar-refractivity contribution is 6.02. The second-order valence-corrected chi connectivity index (χ2v) is 7.59. The molecule has 0 amide bonds. The van der Waals surface area contributed by atoms with E-state index in [4.69, 9.17) is 0 Å². The molecule has 0 N–H and O–H groups in total. The highest BCUT2D eigenvalue weighted by Crippen LogP contribution is 2.31. The molecule has 2 nitrogen and oxygen atoms in total. The number of hydrogen-bond acceptors (Lipinski definition) is 1. The Morgan fingerprint density at radius 2 is 1.52 bits per heavy atom. The Bertz CT molecular complexity index is 894. The molecular weight excluding hydrogens is 306 g/mol. The van der Waals surface area contributed by atoms with Crippen LogP contribution in [0.1, 0.15) is 49.3 Å². The fourth-order valence-corrected chi connectivity index (χ4v) is 3.28. The smallest absolute Gasteiger partial charge is 0.162 e. The Morgan fingerprint density at radius 1 is 0.920 bits per heavy atom. The quantitative estimate of drug-likeness (QED) is 0.543. The average molecular weight is 331 g/mol. The van der Waals surface area contributed by atoms with Gasteiger partial charge in [-0.3, -0.25) is 4.79 Å². The maximum atomic E-state index is 12.3. The average Bonchev–Trinajstić information content (AvgIpc) is 2.92. The van der Waals surface area contributed by atoms with E-state index in [1.165, 1.54) is 5.56 Å². The molecule has 1 aromatic heterocycles. The monoisotopic (exact) mass is 331 g/mol. The van der Waals surface area contributed by atoms with Gasteiger partial charge in [0.1, 0.15) is 0 Å². The summed E-state index contributed by atoms with van der Waals surface area (Å²) in [5, 5.41) is 0. The first-order chi connectivity index (χ1) is 11.8. The molecule has 2 heteroatoms. The van der Waals surface area contributed by atoms with Crippen molar-refractivity contribution in [3.05, 3.63) is 77.6 Å². The summed E-state index contributed by atoms with van der Waals surface area (Å²) in [6.45, 7) is 10.3. The van der Waals surface area contributed by atoms with Gasteiger partial charge in [0.15, 0.2) is 5.78 Å². The van der Waals surface area contributed by atoms with E-state index in [-0.39, 0.29) is 11.2 Å². The first kappa shape index (κ1) is 17.2. The Morgan fingerprint density at radius 3 is 2.04 bits per heavy atom. The van der Waals surface area contributed by atoms with Crippen LogP contribution in [0.15, 0.2) is 60.8 Å². The van der Waals surface area contributed by atoms with Crippen molar-refractivity contribution in [2.45, 2.75) is 40.0 Å². The van der Waals surface area contributed by atoms with Crippen LogP contribution in [-0.2, 0) is 5.41 Å². The molecule has 0 radical (unpaired) electrons. The third-order valence-corrected chi connectivity index (χ3v) is 4.70. The van der Waals surface area contributed by atoms with Crippen molar-refractivity contribution in [2.75, 3.05) is 0 Å². The van der Waals surface area contributed by atoms with Gasteiger partial charge >= 0.3 is 0 Å². The molecule has 0 atom stereocenters. The van der Waals surface area contributed by atoms with E-state index in [0.29, 0.717) is 0 Å². The molecule has 0 saturated carbocycles. The van der Waals surface area contributed by atoms with Crippen molar-refractivity contribution in [3.8, 4) is 16.8 Å². The highest BCUT2D eigenvalue weighted by Gasteiger charge is 2.19. The van der Waals surface area contributed by atoms with Crippen molar-refractivity contribution in [3.63, 3.8) is 0 Å². The SMILES string of the molecule is CC(=O)c1c(-c2ccccc2)cn(-c2ccc(C(C)(C)C)cc2)c1C. The molecule has 0 aliphatic carbocycles. The molecule has 3 rings (SSSR count). The molecule has 0 fully saturated rings. The third-order valence-electron chi connectivity index (χ3n) is 4.70. The predicted octanol–water partition coefficient (Wildman–Crippen LogP) is 5.95. The molecule has 0 spiro atoms. The Balaban J connectivity index is 2.13. The summed E-state index contributed by atoms with van der Waals surface area (Å²) < 4.78 is 2.12. The second-order valence-electron chi connectivity index (χ2n) is 7.59. The summed E-state index contributed by atoms with van der Waals surface area (Å²) >= 11 is 0. The first-order valence-electron chi connectivity index (χ1n) is 8.68. The fraction of sp³-hybridized carbons (Fsp3) is 0.261. The minimum absolute atomic E-state index is 0.0985. The van der Waals surface area contributed by atoms with Gasteiger partial charge in [0.2, 0.25) is 0 Å². The van der Waals surface area contributed by atoms with Crippen molar-refractivity contribution in [1.82, 2.24) is 4.57 Å². The largest absolute Gasteiger partial charge is 0.320 e. The van der Waals surface area contributed by atoms with Crippen LogP contribution >= 0.6 is 0 Å². The number of carbonyl (C=O) groups is 1. The van der Waals surface area contributed by atoms with Crippen molar-refractivity contribution < 1.29 is 4.79 Å². The van der Waals surface area contributed by atoms with Crippen LogP contribution in [0.5, 0.6) is 0 Å². The lowest BCUT2D eigenvalue weighted by Gasteiger charge is -2.19. The summed E-state index contributed by atoms with van der Waals surface area (Å²) in [6, 6.07) is 18.7. The predicted molar refractivity (Wildman–Crippen MR) is 105 cm³/mol. The molecule has 0 aliphatic rings.